The number of carbonyl (C=O) groups is 1. The van der Waals surface area contributed by atoms with Crippen molar-refractivity contribution in [2.24, 2.45) is 0 Å². The Morgan fingerprint density at radius 2 is 1.88 bits per heavy atom. The smallest absolute Gasteiger partial charge is 0.319 e. The lowest BCUT2D eigenvalue weighted by Crippen LogP contribution is -2.28. The second-order valence-corrected chi connectivity index (χ2v) is 7.19. The topological polar surface area (TPSA) is 67.2 Å². The molecule has 1 aromatic carbocycles. The van der Waals surface area contributed by atoms with Gasteiger partial charge in [-0.1, -0.05) is 32.9 Å². The van der Waals surface area contributed by atoms with E-state index in [1.165, 1.54) is 5.56 Å². The van der Waals surface area contributed by atoms with Crippen molar-refractivity contribution in [2.45, 2.75) is 32.7 Å². The Bertz CT molecular complexity index is 863. The highest BCUT2D eigenvalue weighted by atomic mass is 16.3. The van der Waals surface area contributed by atoms with Crippen LogP contribution in [0.5, 0.6) is 0 Å². The molecule has 5 nitrogen and oxygen atoms in total. The predicted molar refractivity (Wildman–Crippen MR) is 103 cm³/mol. The molecule has 3 rings (SSSR count). The molecule has 2 amide bonds. The molecule has 5 heteroatoms. The summed E-state index contributed by atoms with van der Waals surface area (Å²) in [5.41, 5.74) is 3.86. The quantitative estimate of drug-likeness (QED) is 0.699. The minimum Gasteiger partial charge on any atom is -0.464 e. The first-order valence-corrected chi connectivity index (χ1v) is 8.55. The highest BCUT2D eigenvalue weighted by Crippen LogP contribution is 2.23. The lowest BCUT2D eigenvalue weighted by Gasteiger charge is -2.19. The van der Waals surface area contributed by atoms with Gasteiger partial charge in [0, 0.05) is 30.2 Å². The van der Waals surface area contributed by atoms with E-state index in [-0.39, 0.29) is 11.4 Å². The third-order valence-electron chi connectivity index (χ3n) is 4.06. The minimum atomic E-state index is -0.253. The van der Waals surface area contributed by atoms with Gasteiger partial charge in [0.15, 0.2) is 0 Å². The van der Waals surface area contributed by atoms with E-state index in [4.69, 9.17) is 4.42 Å². The number of pyridine rings is 1. The van der Waals surface area contributed by atoms with Crippen LogP contribution in [0.3, 0.4) is 0 Å². The van der Waals surface area contributed by atoms with Crippen LogP contribution in [0.2, 0.25) is 0 Å². The molecule has 0 saturated carbocycles. The van der Waals surface area contributed by atoms with Crippen LogP contribution in [0.15, 0.2) is 65.5 Å². The maximum atomic E-state index is 12.1. The summed E-state index contributed by atoms with van der Waals surface area (Å²) < 4.78 is 5.37. The molecule has 0 saturated heterocycles. The fourth-order valence-corrected chi connectivity index (χ4v) is 2.57. The number of rotatable bonds is 4. The maximum Gasteiger partial charge on any atom is 0.319 e. The molecule has 0 aliphatic carbocycles. The van der Waals surface area contributed by atoms with Crippen LogP contribution >= 0.6 is 0 Å². The van der Waals surface area contributed by atoms with Crippen LogP contribution in [-0.4, -0.2) is 11.0 Å². The molecule has 0 radical (unpaired) electrons. The number of urea groups is 1. The molecule has 2 aromatic heterocycles. The summed E-state index contributed by atoms with van der Waals surface area (Å²) in [7, 11) is 0. The highest BCUT2D eigenvalue weighted by Gasteiger charge is 2.13. The first-order valence-electron chi connectivity index (χ1n) is 8.55. The zero-order valence-electron chi connectivity index (χ0n) is 15.2. The van der Waals surface area contributed by atoms with Gasteiger partial charge in [-0.05, 0) is 46.9 Å². The molecule has 0 aliphatic rings. The lowest BCUT2D eigenvalue weighted by molar-refractivity contribution is 0.251. The van der Waals surface area contributed by atoms with Crippen molar-refractivity contribution in [2.75, 3.05) is 5.32 Å². The van der Waals surface area contributed by atoms with Gasteiger partial charge < -0.3 is 15.1 Å². The van der Waals surface area contributed by atoms with Crippen LogP contribution in [0.25, 0.3) is 11.3 Å². The number of furan rings is 1. The summed E-state index contributed by atoms with van der Waals surface area (Å²) in [5, 5.41) is 5.69. The molecular formula is C21H23N3O2. The fraction of sp³-hybridized carbons (Fsp3) is 0.238. The van der Waals surface area contributed by atoms with E-state index in [2.05, 4.69) is 36.4 Å². The van der Waals surface area contributed by atoms with Gasteiger partial charge in [0.2, 0.25) is 0 Å². The summed E-state index contributed by atoms with van der Waals surface area (Å²) in [5.74, 6) is 0.753. The second kappa shape index (κ2) is 7.44. The van der Waals surface area contributed by atoms with Crippen molar-refractivity contribution in [3.8, 4) is 11.3 Å². The molecule has 0 fully saturated rings. The SMILES string of the molecule is CC(C)(C)c1ccc(NC(=O)NCc2cncc(-c3ccco3)c2)cc1. The van der Waals surface area contributed by atoms with Crippen molar-refractivity contribution in [1.29, 1.82) is 0 Å². The van der Waals surface area contributed by atoms with E-state index in [1.807, 2.05) is 42.5 Å². The number of anilines is 1. The lowest BCUT2D eigenvalue weighted by atomic mass is 9.87. The molecular weight excluding hydrogens is 326 g/mol. The molecule has 0 aliphatic heterocycles. The van der Waals surface area contributed by atoms with Gasteiger partial charge in [0.05, 0.1) is 6.26 Å². The Labute approximate surface area is 153 Å². The van der Waals surface area contributed by atoms with Crippen LogP contribution in [0, 0.1) is 0 Å². The van der Waals surface area contributed by atoms with Gasteiger partial charge in [0.25, 0.3) is 0 Å². The summed E-state index contributed by atoms with van der Waals surface area (Å²) in [6.45, 7) is 6.86. The van der Waals surface area contributed by atoms with E-state index < -0.39 is 0 Å². The van der Waals surface area contributed by atoms with Gasteiger partial charge in [0.1, 0.15) is 5.76 Å². The van der Waals surface area contributed by atoms with Gasteiger partial charge in [-0.15, -0.1) is 0 Å². The van der Waals surface area contributed by atoms with Crippen molar-refractivity contribution < 1.29 is 9.21 Å². The molecule has 0 bridgehead atoms. The van der Waals surface area contributed by atoms with Crippen LogP contribution < -0.4 is 10.6 Å². The van der Waals surface area contributed by atoms with Gasteiger partial charge in [-0.3, -0.25) is 4.98 Å². The average Bonchev–Trinajstić information content (AvgIpc) is 3.15. The van der Waals surface area contributed by atoms with Gasteiger partial charge >= 0.3 is 6.03 Å². The van der Waals surface area contributed by atoms with Crippen molar-refractivity contribution in [3.63, 3.8) is 0 Å². The van der Waals surface area contributed by atoms with E-state index in [0.717, 1.165) is 22.6 Å². The monoisotopic (exact) mass is 349 g/mol. The normalized spacial score (nSPS) is 11.2. The second-order valence-electron chi connectivity index (χ2n) is 7.19. The standard InChI is InChI=1S/C21H23N3O2/c1-21(2,3)17-6-8-18(9-7-17)24-20(25)23-13-15-11-16(14-22-12-15)19-5-4-10-26-19/h4-12,14H,13H2,1-3H3,(H2,23,24,25). The number of benzene rings is 1. The Balaban J connectivity index is 1.57. The Morgan fingerprint density at radius 3 is 2.54 bits per heavy atom. The molecule has 3 aromatic rings. The van der Waals surface area contributed by atoms with E-state index >= 15 is 0 Å². The summed E-state index contributed by atoms with van der Waals surface area (Å²) in [6, 6.07) is 13.3. The average molecular weight is 349 g/mol. The summed E-state index contributed by atoms with van der Waals surface area (Å²) >= 11 is 0. The Kier molecular flexibility index (Phi) is 5.07. The zero-order valence-corrected chi connectivity index (χ0v) is 15.2. The number of nitrogens with one attached hydrogen (secondary N) is 2. The van der Waals surface area contributed by atoms with Crippen molar-refractivity contribution in [1.82, 2.24) is 10.3 Å². The van der Waals surface area contributed by atoms with Crippen LogP contribution in [-0.2, 0) is 12.0 Å². The molecule has 0 atom stereocenters. The predicted octanol–water partition coefficient (Wildman–Crippen LogP) is 4.96. The molecule has 0 spiro atoms. The molecule has 2 heterocycles. The largest absolute Gasteiger partial charge is 0.464 e. The molecule has 26 heavy (non-hydrogen) atoms. The van der Waals surface area contributed by atoms with Crippen LogP contribution in [0.4, 0.5) is 10.5 Å². The summed E-state index contributed by atoms with van der Waals surface area (Å²) in [4.78, 5) is 16.3. The number of hydrogen-bond donors (Lipinski definition) is 2. The number of amides is 2. The molecule has 2 N–H and O–H groups in total. The first-order chi connectivity index (χ1) is 12.4. The van der Waals surface area contributed by atoms with E-state index in [0.29, 0.717) is 6.54 Å². The maximum absolute atomic E-state index is 12.1. The summed E-state index contributed by atoms with van der Waals surface area (Å²) in [6.07, 6.45) is 5.09. The minimum absolute atomic E-state index is 0.0901. The number of carbonyl (C=O) groups excluding carboxylic acids is 1. The molecule has 0 unspecified atom stereocenters. The van der Waals surface area contributed by atoms with Gasteiger partial charge in [-0.25, -0.2) is 4.79 Å². The Hall–Kier alpha value is -3.08. The number of nitrogens with zero attached hydrogens (tertiary/aromatic N) is 1. The number of aromatic nitrogens is 1. The fourth-order valence-electron chi connectivity index (χ4n) is 2.57. The zero-order chi connectivity index (χ0) is 18.6. The highest BCUT2D eigenvalue weighted by molar-refractivity contribution is 5.89. The first kappa shape index (κ1) is 17.7. The van der Waals surface area contributed by atoms with Crippen molar-refractivity contribution in [3.05, 3.63) is 72.2 Å². The third-order valence-corrected chi connectivity index (χ3v) is 4.06. The third kappa shape index (κ3) is 4.51. The van der Waals surface area contributed by atoms with E-state index in [9.17, 15) is 4.79 Å². The van der Waals surface area contributed by atoms with Crippen molar-refractivity contribution >= 4 is 11.7 Å². The van der Waals surface area contributed by atoms with Gasteiger partial charge in [-0.2, -0.15) is 0 Å². The van der Waals surface area contributed by atoms with E-state index in [1.54, 1.807) is 18.7 Å². The molecule has 134 valence electrons. The number of hydrogen-bond acceptors (Lipinski definition) is 3. The van der Waals surface area contributed by atoms with Crippen LogP contribution in [0.1, 0.15) is 31.9 Å². The Morgan fingerprint density at radius 1 is 1.12 bits per heavy atom.